The average molecular weight is 699 g/mol. The SMILES string of the molecule is CC/C=C\C/C=C\C/C=C\CCCCCCCC(=O)OCCCCCCCCCCCCCCCCCCCCCCCCCCCC(C)C. The summed E-state index contributed by atoms with van der Waals surface area (Å²) in [7, 11) is 0. The van der Waals surface area contributed by atoms with Gasteiger partial charge in [0, 0.05) is 6.42 Å². The molecular weight excluding hydrogens is 609 g/mol. The molecule has 0 saturated carbocycles. The third kappa shape index (κ3) is 44.7. The van der Waals surface area contributed by atoms with Crippen LogP contribution in [0.3, 0.4) is 0 Å². The second-order valence-corrected chi connectivity index (χ2v) is 15.8. The predicted octanol–water partition coefficient (Wildman–Crippen LogP) is 16.9. The van der Waals surface area contributed by atoms with Crippen LogP contribution in [0.1, 0.15) is 252 Å². The maximum atomic E-state index is 12.0. The van der Waals surface area contributed by atoms with Crippen molar-refractivity contribution < 1.29 is 9.53 Å². The smallest absolute Gasteiger partial charge is 0.305 e. The Morgan fingerprint density at radius 1 is 0.420 bits per heavy atom. The summed E-state index contributed by atoms with van der Waals surface area (Å²) in [6.45, 7) is 7.48. The molecule has 0 aromatic rings. The molecule has 0 aromatic carbocycles. The highest BCUT2D eigenvalue weighted by Gasteiger charge is 2.03. The highest BCUT2D eigenvalue weighted by atomic mass is 16.5. The second-order valence-electron chi connectivity index (χ2n) is 15.8. The number of ether oxygens (including phenoxy) is 1. The Morgan fingerprint density at radius 2 is 0.760 bits per heavy atom. The number of allylic oxidation sites excluding steroid dienone is 6. The minimum atomic E-state index is 0.0100. The zero-order valence-electron chi connectivity index (χ0n) is 34.5. The molecule has 0 heterocycles. The number of unbranched alkanes of at least 4 members (excludes halogenated alkanes) is 29. The summed E-state index contributed by atoms with van der Waals surface area (Å²) < 4.78 is 5.46. The summed E-state index contributed by atoms with van der Waals surface area (Å²) in [6.07, 6.45) is 61.2. The van der Waals surface area contributed by atoms with Crippen molar-refractivity contribution in [1.82, 2.24) is 0 Å². The van der Waals surface area contributed by atoms with Gasteiger partial charge in [-0.3, -0.25) is 4.79 Å². The largest absolute Gasteiger partial charge is 0.466 e. The fourth-order valence-electron chi connectivity index (χ4n) is 6.87. The third-order valence-corrected chi connectivity index (χ3v) is 10.2. The van der Waals surface area contributed by atoms with E-state index in [1.54, 1.807) is 0 Å². The van der Waals surface area contributed by atoms with Gasteiger partial charge in [-0.1, -0.05) is 237 Å². The van der Waals surface area contributed by atoms with Crippen LogP contribution in [-0.2, 0) is 9.53 Å². The Balaban J connectivity index is 3.19. The standard InChI is InChI=1S/C48H90O2/c1-4-5-6-7-8-9-10-11-23-27-30-33-36-39-42-45-48(49)50-46-43-40-37-34-31-28-25-22-20-18-16-14-12-13-15-17-19-21-24-26-29-32-35-38-41-44-47(2)3/h5-6,8-9,11,23,47H,4,7,10,12-22,24-46H2,1-3H3/b6-5-,9-8-,23-11-. The van der Waals surface area contributed by atoms with Gasteiger partial charge in [-0.2, -0.15) is 0 Å². The van der Waals surface area contributed by atoms with E-state index in [0.717, 1.165) is 44.4 Å². The van der Waals surface area contributed by atoms with E-state index in [2.05, 4.69) is 57.2 Å². The Hall–Kier alpha value is -1.31. The molecule has 50 heavy (non-hydrogen) atoms. The van der Waals surface area contributed by atoms with E-state index in [9.17, 15) is 4.79 Å². The topological polar surface area (TPSA) is 26.3 Å². The van der Waals surface area contributed by atoms with E-state index in [-0.39, 0.29) is 5.97 Å². The minimum Gasteiger partial charge on any atom is -0.466 e. The highest BCUT2D eigenvalue weighted by Crippen LogP contribution is 2.17. The molecule has 2 heteroatoms. The van der Waals surface area contributed by atoms with Crippen molar-refractivity contribution in [2.75, 3.05) is 6.61 Å². The fraction of sp³-hybridized carbons (Fsp3) is 0.854. The molecule has 0 aliphatic carbocycles. The van der Waals surface area contributed by atoms with Crippen LogP contribution < -0.4 is 0 Å². The molecule has 0 bridgehead atoms. The van der Waals surface area contributed by atoms with Crippen LogP contribution in [0.5, 0.6) is 0 Å². The normalized spacial score (nSPS) is 12.1. The zero-order chi connectivity index (χ0) is 36.3. The predicted molar refractivity (Wildman–Crippen MR) is 225 cm³/mol. The molecule has 0 fully saturated rings. The van der Waals surface area contributed by atoms with Crippen molar-refractivity contribution in [3.8, 4) is 0 Å². The summed E-state index contributed by atoms with van der Waals surface area (Å²) in [5.41, 5.74) is 0. The van der Waals surface area contributed by atoms with Gasteiger partial charge in [-0.15, -0.1) is 0 Å². The van der Waals surface area contributed by atoms with E-state index in [4.69, 9.17) is 4.74 Å². The molecule has 0 atom stereocenters. The van der Waals surface area contributed by atoms with E-state index < -0.39 is 0 Å². The summed E-state index contributed by atoms with van der Waals surface area (Å²) in [4.78, 5) is 12.0. The Kier molecular flexibility index (Phi) is 42.7. The van der Waals surface area contributed by atoms with Gasteiger partial charge in [-0.05, 0) is 50.9 Å². The van der Waals surface area contributed by atoms with Gasteiger partial charge in [0.05, 0.1) is 6.61 Å². The van der Waals surface area contributed by atoms with Crippen molar-refractivity contribution >= 4 is 5.97 Å². The lowest BCUT2D eigenvalue weighted by Crippen LogP contribution is -2.05. The number of hydrogen-bond donors (Lipinski definition) is 0. The Bertz CT molecular complexity index is 732. The number of carbonyl (C=O) groups is 1. The minimum absolute atomic E-state index is 0.0100. The van der Waals surface area contributed by atoms with Crippen molar-refractivity contribution in [3.63, 3.8) is 0 Å². The molecule has 0 aliphatic heterocycles. The molecule has 0 aliphatic rings. The maximum absolute atomic E-state index is 12.0. The first kappa shape index (κ1) is 48.7. The highest BCUT2D eigenvalue weighted by molar-refractivity contribution is 5.69. The van der Waals surface area contributed by atoms with Crippen LogP contribution in [0.4, 0.5) is 0 Å². The lowest BCUT2D eigenvalue weighted by atomic mass is 10.0. The van der Waals surface area contributed by atoms with Gasteiger partial charge >= 0.3 is 5.97 Å². The van der Waals surface area contributed by atoms with Gasteiger partial charge in [0.2, 0.25) is 0 Å². The molecule has 0 N–H and O–H groups in total. The van der Waals surface area contributed by atoms with Crippen LogP contribution in [-0.4, -0.2) is 12.6 Å². The third-order valence-electron chi connectivity index (χ3n) is 10.2. The molecule has 2 nitrogen and oxygen atoms in total. The molecule has 0 saturated heterocycles. The van der Waals surface area contributed by atoms with Gasteiger partial charge in [0.1, 0.15) is 0 Å². The molecule has 0 aromatic heterocycles. The van der Waals surface area contributed by atoms with Gasteiger partial charge < -0.3 is 4.74 Å². The number of esters is 1. The van der Waals surface area contributed by atoms with Gasteiger partial charge in [0.15, 0.2) is 0 Å². The Labute approximate surface area is 315 Å². The van der Waals surface area contributed by atoms with Crippen LogP contribution in [0.25, 0.3) is 0 Å². The summed E-state index contributed by atoms with van der Waals surface area (Å²) in [5.74, 6) is 0.896. The molecule has 0 rings (SSSR count). The van der Waals surface area contributed by atoms with E-state index >= 15 is 0 Å². The summed E-state index contributed by atoms with van der Waals surface area (Å²) >= 11 is 0. The molecule has 0 amide bonds. The molecule has 0 radical (unpaired) electrons. The fourth-order valence-corrected chi connectivity index (χ4v) is 6.87. The second kappa shape index (κ2) is 43.9. The first-order valence-electron chi connectivity index (χ1n) is 22.8. The van der Waals surface area contributed by atoms with Crippen molar-refractivity contribution in [2.24, 2.45) is 5.92 Å². The van der Waals surface area contributed by atoms with E-state index in [1.807, 2.05) is 0 Å². The van der Waals surface area contributed by atoms with E-state index in [0.29, 0.717) is 13.0 Å². The number of rotatable bonds is 41. The van der Waals surface area contributed by atoms with Crippen molar-refractivity contribution in [1.29, 1.82) is 0 Å². The van der Waals surface area contributed by atoms with Crippen molar-refractivity contribution in [3.05, 3.63) is 36.5 Å². The molecule has 294 valence electrons. The first-order chi connectivity index (χ1) is 24.7. The van der Waals surface area contributed by atoms with Crippen molar-refractivity contribution in [2.45, 2.75) is 252 Å². The molecule has 0 unspecified atom stereocenters. The monoisotopic (exact) mass is 699 g/mol. The van der Waals surface area contributed by atoms with Crippen LogP contribution in [0.15, 0.2) is 36.5 Å². The lowest BCUT2D eigenvalue weighted by molar-refractivity contribution is -0.143. The lowest BCUT2D eigenvalue weighted by Gasteiger charge is -2.06. The number of hydrogen-bond acceptors (Lipinski definition) is 2. The molecular formula is C48H90O2. The van der Waals surface area contributed by atoms with Crippen LogP contribution in [0, 0.1) is 5.92 Å². The number of carbonyl (C=O) groups excluding carboxylic acids is 1. The van der Waals surface area contributed by atoms with Gasteiger partial charge in [0.25, 0.3) is 0 Å². The van der Waals surface area contributed by atoms with Crippen LogP contribution >= 0.6 is 0 Å². The summed E-state index contributed by atoms with van der Waals surface area (Å²) in [6, 6.07) is 0. The maximum Gasteiger partial charge on any atom is 0.305 e. The Morgan fingerprint density at radius 3 is 1.18 bits per heavy atom. The zero-order valence-corrected chi connectivity index (χ0v) is 34.5. The first-order valence-corrected chi connectivity index (χ1v) is 22.8. The quantitative estimate of drug-likeness (QED) is 0.0361. The van der Waals surface area contributed by atoms with Gasteiger partial charge in [-0.25, -0.2) is 0 Å². The van der Waals surface area contributed by atoms with Crippen LogP contribution in [0.2, 0.25) is 0 Å². The molecule has 0 spiro atoms. The van der Waals surface area contributed by atoms with E-state index in [1.165, 1.54) is 186 Å². The summed E-state index contributed by atoms with van der Waals surface area (Å²) in [5, 5.41) is 0. The average Bonchev–Trinajstić information content (AvgIpc) is 3.11.